The van der Waals surface area contributed by atoms with E-state index in [9.17, 15) is 5.26 Å². The summed E-state index contributed by atoms with van der Waals surface area (Å²) in [4.78, 5) is 10.6. The van der Waals surface area contributed by atoms with Crippen LogP contribution in [0.4, 0.5) is 0 Å². The normalized spacial score (nSPS) is 14.5. The Balaban J connectivity index is 1.26. The third kappa shape index (κ3) is 7.97. The number of fused-ring (bicyclic) bond motifs is 9. The van der Waals surface area contributed by atoms with Crippen molar-refractivity contribution in [1.29, 1.82) is 5.26 Å². The number of benzene rings is 7. The molecule has 4 aromatic heterocycles. The quantitative estimate of drug-likeness (QED) is 0.172. The van der Waals surface area contributed by atoms with Gasteiger partial charge in [-0.05, 0) is 105 Å². The average molecular weight is 994 g/mol. The van der Waals surface area contributed by atoms with Gasteiger partial charge in [0, 0.05) is 49.3 Å². The molecule has 76 heavy (non-hydrogen) atoms. The average Bonchev–Trinajstić information content (AvgIpc) is 4.06. The lowest BCUT2D eigenvalue weighted by atomic mass is 9.74. The molecule has 6 nitrogen and oxygen atoms in total. The summed E-state index contributed by atoms with van der Waals surface area (Å²) in [5, 5.41) is 17.1. The smallest absolute Gasteiger partial charge is 0.164 e. The van der Waals surface area contributed by atoms with Crippen LogP contribution in [0.3, 0.4) is 0 Å². The predicted molar refractivity (Wildman–Crippen MR) is 318 cm³/mol. The number of nitriles is 1. The van der Waals surface area contributed by atoms with Gasteiger partial charge >= 0.3 is 0 Å². The number of nitrogens with zero attached hydrogens (tertiary/aromatic N) is 5. The Morgan fingerprint density at radius 3 is 1.51 bits per heavy atom. The second-order valence-electron chi connectivity index (χ2n) is 25.5. The molecule has 6 heteroatoms. The first-order valence-electron chi connectivity index (χ1n) is 27.0. The fourth-order valence-corrected chi connectivity index (χ4v) is 12.0. The summed E-state index contributed by atoms with van der Waals surface area (Å²) in [5.41, 5.74) is 18.4. The first kappa shape index (κ1) is 48.9. The molecule has 0 spiro atoms. The Bertz CT molecular complexity index is 4110. The van der Waals surface area contributed by atoms with Crippen molar-refractivity contribution in [3.8, 4) is 51.3 Å². The van der Waals surface area contributed by atoms with E-state index in [1.807, 2.05) is 36.4 Å². The third-order valence-electron chi connectivity index (χ3n) is 16.1. The third-order valence-corrected chi connectivity index (χ3v) is 16.1. The molecule has 0 unspecified atom stereocenters. The van der Waals surface area contributed by atoms with Crippen LogP contribution in [0.5, 0.6) is 0 Å². The maximum absolute atomic E-state index is 11.9. The van der Waals surface area contributed by atoms with E-state index in [0.717, 1.165) is 84.0 Å². The zero-order chi connectivity index (χ0) is 53.4. The van der Waals surface area contributed by atoms with E-state index in [-0.39, 0.29) is 27.6 Å². The van der Waals surface area contributed by atoms with Crippen LogP contribution in [0.2, 0.25) is 0 Å². The van der Waals surface area contributed by atoms with Gasteiger partial charge in [0.1, 0.15) is 17.3 Å². The summed E-state index contributed by atoms with van der Waals surface area (Å²) < 4.78 is 12.5. The van der Waals surface area contributed by atoms with Gasteiger partial charge in [-0.2, -0.15) is 5.26 Å². The SMILES string of the molecule is C[C@H]1Cc2c(c3cc(C(C)(C)C)ccc3n2-c2c(C#N)cc3c(oc4c(-c5nc(-c6ccccc6)cc(-c6ccccc6)n5)cccc43)c2-n2c3ccc(C(C)(C)C)cc3c3cc(C(C)(C)C)ccc32)C=C1C(C)(C)C. The Labute approximate surface area is 447 Å². The minimum atomic E-state index is -0.0933. The Morgan fingerprint density at radius 1 is 0.500 bits per heavy atom. The van der Waals surface area contributed by atoms with Crippen molar-refractivity contribution in [3.63, 3.8) is 0 Å². The lowest BCUT2D eigenvalue weighted by Crippen LogP contribution is -2.22. The lowest BCUT2D eigenvalue weighted by Gasteiger charge is -2.32. The molecule has 1 atom stereocenters. The maximum atomic E-state index is 11.9. The molecule has 7 aromatic carbocycles. The highest BCUT2D eigenvalue weighted by Crippen LogP contribution is 2.50. The molecular formula is C70H67N5O. The van der Waals surface area contributed by atoms with Gasteiger partial charge in [-0.3, -0.25) is 0 Å². The molecule has 0 saturated carbocycles. The minimum absolute atomic E-state index is 0.0337. The second kappa shape index (κ2) is 17.3. The van der Waals surface area contributed by atoms with Crippen LogP contribution in [0, 0.1) is 22.7 Å². The van der Waals surface area contributed by atoms with E-state index >= 15 is 0 Å². The zero-order valence-electron chi connectivity index (χ0n) is 46.4. The molecule has 4 heterocycles. The van der Waals surface area contributed by atoms with Gasteiger partial charge in [0.15, 0.2) is 11.4 Å². The fraction of sp³-hybridized carbons (Fsp3) is 0.271. The molecule has 12 rings (SSSR count). The largest absolute Gasteiger partial charge is 0.453 e. The first-order valence-corrected chi connectivity index (χ1v) is 27.0. The monoisotopic (exact) mass is 994 g/mol. The number of hydrogen-bond donors (Lipinski definition) is 0. The van der Waals surface area contributed by atoms with E-state index in [1.54, 1.807) is 0 Å². The summed E-state index contributed by atoms with van der Waals surface area (Å²) in [6.45, 7) is 29.9. The highest BCUT2D eigenvalue weighted by atomic mass is 16.3. The van der Waals surface area contributed by atoms with Gasteiger partial charge in [-0.15, -0.1) is 0 Å². The molecule has 0 radical (unpaired) electrons. The van der Waals surface area contributed by atoms with Gasteiger partial charge in [-0.25, -0.2) is 9.97 Å². The molecule has 1 aliphatic rings. The number of furan rings is 1. The second-order valence-corrected chi connectivity index (χ2v) is 25.5. The summed E-state index contributed by atoms with van der Waals surface area (Å²) in [6, 6.07) is 54.8. The molecule has 0 fully saturated rings. The van der Waals surface area contributed by atoms with E-state index in [4.69, 9.17) is 14.4 Å². The lowest BCUT2D eigenvalue weighted by molar-refractivity contribution is 0.432. The minimum Gasteiger partial charge on any atom is -0.453 e. The molecule has 1 aliphatic carbocycles. The van der Waals surface area contributed by atoms with E-state index in [1.165, 1.54) is 38.9 Å². The van der Waals surface area contributed by atoms with Crippen LogP contribution in [0.1, 0.15) is 124 Å². The van der Waals surface area contributed by atoms with Crippen molar-refractivity contribution in [1.82, 2.24) is 19.1 Å². The van der Waals surface area contributed by atoms with Crippen LogP contribution in [-0.4, -0.2) is 19.1 Å². The standard InChI is InChI=1S/C70H67N5O/c1-41-33-61-53(38-55(41)70(11,12)13)52-37-47(69(8,9)10)29-32-60(52)75(61)62-44(40-71)34-54-48-25-20-26-49(66-72-56(42-21-16-14-17-22-42)39-57(73-66)43-23-18-15-19-24-43)64(48)76-65(54)63(62)74-58-30-27-45(67(2,3)4)35-50(58)51-36-46(68(5,6)7)28-31-59(51)74/h14-32,34-39,41H,33H2,1-13H3/t41-/m0/s1. The molecule has 0 N–H and O–H groups in total. The van der Waals surface area contributed by atoms with Crippen LogP contribution >= 0.6 is 0 Å². The maximum Gasteiger partial charge on any atom is 0.164 e. The fourth-order valence-electron chi connectivity index (χ4n) is 12.0. The Kier molecular flexibility index (Phi) is 11.1. The Hall–Kier alpha value is -8.01. The van der Waals surface area contributed by atoms with Crippen molar-refractivity contribution < 1.29 is 4.42 Å². The van der Waals surface area contributed by atoms with Crippen molar-refractivity contribution in [2.45, 2.75) is 113 Å². The molecular weight excluding hydrogens is 927 g/mol. The highest BCUT2D eigenvalue weighted by Gasteiger charge is 2.35. The van der Waals surface area contributed by atoms with E-state index in [2.05, 4.69) is 220 Å². The van der Waals surface area contributed by atoms with Gasteiger partial charge in [0.2, 0.25) is 0 Å². The van der Waals surface area contributed by atoms with Crippen molar-refractivity contribution >= 4 is 60.7 Å². The predicted octanol–water partition coefficient (Wildman–Crippen LogP) is 18.8. The number of hydrogen-bond acceptors (Lipinski definition) is 4. The van der Waals surface area contributed by atoms with Crippen molar-refractivity contribution in [3.05, 3.63) is 185 Å². The molecule has 0 aliphatic heterocycles. The van der Waals surface area contributed by atoms with Crippen molar-refractivity contribution in [2.24, 2.45) is 11.3 Å². The van der Waals surface area contributed by atoms with Crippen LogP contribution in [-0.2, 0) is 22.7 Å². The molecule has 11 aromatic rings. The highest BCUT2D eigenvalue weighted by molar-refractivity contribution is 6.16. The van der Waals surface area contributed by atoms with Crippen molar-refractivity contribution in [2.75, 3.05) is 0 Å². The van der Waals surface area contributed by atoms with E-state index < -0.39 is 0 Å². The molecule has 0 saturated heterocycles. The summed E-state index contributed by atoms with van der Waals surface area (Å²) in [5.74, 6) is 0.820. The zero-order valence-corrected chi connectivity index (χ0v) is 46.4. The summed E-state index contributed by atoms with van der Waals surface area (Å²) in [7, 11) is 0. The first-order chi connectivity index (χ1) is 36.1. The number of allylic oxidation sites excluding steroid dienone is 1. The number of rotatable bonds is 5. The van der Waals surface area contributed by atoms with Crippen LogP contribution in [0.15, 0.2) is 156 Å². The molecule has 0 bridgehead atoms. The molecule has 0 amide bonds. The van der Waals surface area contributed by atoms with Crippen LogP contribution < -0.4 is 0 Å². The van der Waals surface area contributed by atoms with Gasteiger partial charge in [0.05, 0.1) is 44.8 Å². The number of para-hydroxylation sites is 1. The topological polar surface area (TPSA) is 72.6 Å². The Morgan fingerprint density at radius 2 is 1.01 bits per heavy atom. The van der Waals surface area contributed by atoms with Gasteiger partial charge in [0.25, 0.3) is 0 Å². The number of aromatic nitrogens is 4. The summed E-state index contributed by atoms with van der Waals surface area (Å²) >= 11 is 0. The molecule has 378 valence electrons. The van der Waals surface area contributed by atoms with Crippen LogP contribution in [0.25, 0.3) is 106 Å². The van der Waals surface area contributed by atoms with E-state index in [0.29, 0.717) is 22.6 Å². The summed E-state index contributed by atoms with van der Waals surface area (Å²) in [6.07, 6.45) is 3.28. The van der Waals surface area contributed by atoms with Gasteiger partial charge in [-0.1, -0.05) is 193 Å². The van der Waals surface area contributed by atoms with Gasteiger partial charge < -0.3 is 13.6 Å².